The zero-order valence-corrected chi connectivity index (χ0v) is 10.6. The Labute approximate surface area is 103 Å². The van der Waals surface area contributed by atoms with Crippen LogP contribution in [0.5, 0.6) is 0 Å². The van der Waals surface area contributed by atoms with E-state index in [0.29, 0.717) is 17.9 Å². The zero-order valence-electron chi connectivity index (χ0n) is 10.6. The predicted molar refractivity (Wildman–Crippen MR) is 69.9 cm³/mol. The Kier molecular flexibility index (Phi) is 4.80. The molecule has 0 saturated heterocycles. The monoisotopic (exact) mass is 233 g/mol. The first kappa shape index (κ1) is 13.3. The molecule has 1 atom stereocenters. The summed E-state index contributed by atoms with van der Waals surface area (Å²) in [5, 5.41) is 9.14. The largest absolute Gasteiger partial charge is 0.399 e. The van der Waals surface area contributed by atoms with Gasteiger partial charge in [-0.05, 0) is 32.0 Å². The van der Waals surface area contributed by atoms with Gasteiger partial charge in [-0.25, -0.2) is 0 Å². The number of nitrogens with two attached hydrogens (primary N) is 1. The number of hydrogen-bond donors (Lipinski definition) is 1. The van der Waals surface area contributed by atoms with Crippen molar-refractivity contribution in [1.29, 1.82) is 5.26 Å². The number of methoxy groups -OCH3 is 1. The van der Waals surface area contributed by atoms with Crippen molar-refractivity contribution in [3.05, 3.63) is 23.8 Å². The Balaban J connectivity index is 3.08. The van der Waals surface area contributed by atoms with Gasteiger partial charge in [0.15, 0.2) is 0 Å². The topological polar surface area (TPSA) is 62.3 Å². The van der Waals surface area contributed by atoms with Crippen molar-refractivity contribution < 1.29 is 4.74 Å². The van der Waals surface area contributed by atoms with Crippen molar-refractivity contribution in [1.82, 2.24) is 0 Å². The van der Waals surface area contributed by atoms with Crippen LogP contribution in [0, 0.1) is 11.3 Å². The molecular formula is C13H19N3O. The first-order valence-electron chi connectivity index (χ1n) is 5.69. The van der Waals surface area contributed by atoms with Crippen LogP contribution in [0.2, 0.25) is 0 Å². The minimum Gasteiger partial charge on any atom is -0.399 e. The van der Waals surface area contributed by atoms with Crippen molar-refractivity contribution in [3.63, 3.8) is 0 Å². The van der Waals surface area contributed by atoms with Gasteiger partial charge in [-0.2, -0.15) is 5.26 Å². The van der Waals surface area contributed by atoms with E-state index in [0.717, 1.165) is 12.2 Å². The summed E-state index contributed by atoms with van der Waals surface area (Å²) >= 11 is 0. The highest BCUT2D eigenvalue weighted by Gasteiger charge is 2.16. The molecule has 2 N–H and O–H groups in total. The first-order valence-corrected chi connectivity index (χ1v) is 5.69. The van der Waals surface area contributed by atoms with Crippen LogP contribution in [0.4, 0.5) is 11.4 Å². The standard InChI is InChI=1S/C13H19N3O/c1-4-16(10(2)9-17-3)13-6-5-12(15)7-11(13)8-14/h5-7,10H,4,9,15H2,1-3H3. The van der Waals surface area contributed by atoms with Crippen LogP contribution in [-0.4, -0.2) is 26.3 Å². The summed E-state index contributed by atoms with van der Waals surface area (Å²) in [6.07, 6.45) is 0. The number of nitriles is 1. The molecule has 0 radical (unpaired) electrons. The van der Waals surface area contributed by atoms with E-state index in [1.807, 2.05) is 12.1 Å². The summed E-state index contributed by atoms with van der Waals surface area (Å²) in [7, 11) is 1.68. The van der Waals surface area contributed by atoms with Gasteiger partial charge in [0.05, 0.1) is 17.9 Å². The molecular weight excluding hydrogens is 214 g/mol. The van der Waals surface area contributed by atoms with E-state index in [4.69, 9.17) is 15.7 Å². The maximum absolute atomic E-state index is 9.14. The van der Waals surface area contributed by atoms with Gasteiger partial charge >= 0.3 is 0 Å². The number of nitrogen functional groups attached to an aromatic ring is 1. The molecule has 17 heavy (non-hydrogen) atoms. The van der Waals surface area contributed by atoms with Crippen LogP contribution >= 0.6 is 0 Å². The predicted octanol–water partition coefficient (Wildman–Crippen LogP) is 2.00. The molecule has 1 aromatic rings. The van der Waals surface area contributed by atoms with Crippen molar-refractivity contribution >= 4 is 11.4 Å². The summed E-state index contributed by atoms with van der Waals surface area (Å²) in [6, 6.07) is 7.82. The third-order valence-electron chi connectivity index (χ3n) is 2.73. The maximum Gasteiger partial charge on any atom is 0.101 e. The van der Waals surface area contributed by atoms with E-state index in [1.165, 1.54) is 0 Å². The Morgan fingerprint density at radius 3 is 2.76 bits per heavy atom. The molecule has 0 spiro atoms. The van der Waals surface area contributed by atoms with E-state index in [9.17, 15) is 0 Å². The average Bonchev–Trinajstić information content (AvgIpc) is 2.32. The van der Waals surface area contributed by atoms with E-state index in [1.54, 1.807) is 13.2 Å². The van der Waals surface area contributed by atoms with Crippen LogP contribution < -0.4 is 10.6 Å². The number of hydrogen-bond acceptors (Lipinski definition) is 4. The lowest BCUT2D eigenvalue weighted by Gasteiger charge is -2.30. The summed E-state index contributed by atoms with van der Waals surface area (Å²) in [6.45, 7) is 5.58. The molecule has 1 rings (SSSR count). The molecule has 0 aliphatic carbocycles. The summed E-state index contributed by atoms with van der Waals surface area (Å²) in [5.41, 5.74) is 7.81. The van der Waals surface area contributed by atoms with Crippen molar-refractivity contribution in [3.8, 4) is 6.07 Å². The number of benzene rings is 1. The molecule has 4 heteroatoms. The van der Waals surface area contributed by atoms with Gasteiger partial charge in [0, 0.05) is 25.4 Å². The molecule has 0 amide bonds. The van der Waals surface area contributed by atoms with E-state index in [-0.39, 0.29) is 6.04 Å². The summed E-state index contributed by atoms with van der Waals surface area (Å²) in [4.78, 5) is 2.14. The normalized spacial score (nSPS) is 11.9. The highest BCUT2D eigenvalue weighted by atomic mass is 16.5. The van der Waals surface area contributed by atoms with Gasteiger partial charge in [-0.1, -0.05) is 0 Å². The number of likely N-dealkylation sites (N-methyl/N-ethyl adjacent to an activating group) is 1. The van der Waals surface area contributed by atoms with Crippen molar-refractivity contribution in [2.45, 2.75) is 19.9 Å². The third kappa shape index (κ3) is 3.11. The van der Waals surface area contributed by atoms with Gasteiger partial charge in [0.25, 0.3) is 0 Å². The van der Waals surface area contributed by atoms with Crippen LogP contribution in [0.25, 0.3) is 0 Å². The van der Waals surface area contributed by atoms with Crippen LogP contribution in [0.1, 0.15) is 19.4 Å². The number of nitrogens with zero attached hydrogens (tertiary/aromatic N) is 2. The van der Waals surface area contributed by atoms with Crippen molar-refractivity contribution in [2.24, 2.45) is 0 Å². The van der Waals surface area contributed by atoms with E-state index in [2.05, 4.69) is 24.8 Å². The molecule has 92 valence electrons. The second kappa shape index (κ2) is 6.12. The molecule has 1 unspecified atom stereocenters. The first-order chi connectivity index (χ1) is 8.13. The quantitative estimate of drug-likeness (QED) is 0.790. The highest BCUT2D eigenvalue weighted by molar-refractivity contribution is 5.64. The number of anilines is 2. The fourth-order valence-corrected chi connectivity index (χ4v) is 1.94. The molecule has 0 bridgehead atoms. The third-order valence-corrected chi connectivity index (χ3v) is 2.73. The lowest BCUT2D eigenvalue weighted by atomic mass is 10.1. The Morgan fingerprint density at radius 1 is 1.53 bits per heavy atom. The van der Waals surface area contributed by atoms with Crippen molar-refractivity contribution in [2.75, 3.05) is 30.9 Å². The molecule has 0 saturated carbocycles. The second-order valence-electron chi connectivity index (χ2n) is 3.98. The second-order valence-corrected chi connectivity index (χ2v) is 3.98. The Bertz CT molecular complexity index is 412. The zero-order chi connectivity index (χ0) is 12.8. The number of rotatable bonds is 5. The van der Waals surface area contributed by atoms with Gasteiger partial charge in [-0.15, -0.1) is 0 Å². The highest BCUT2D eigenvalue weighted by Crippen LogP contribution is 2.24. The lowest BCUT2D eigenvalue weighted by molar-refractivity contribution is 0.182. The Hall–Kier alpha value is -1.73. The summed E-state index contributed by atoms with van der Waals surface area (Å²) < 4.78 is 5.16. The van der Waals surface area contributed by atoms with Gasteiger partial charge in [0.1, 0.15) is 6.07 Å². The van der Waals surface area contributed by atoms with Crippen LogP contribution in [0.15, 0.2) is 18.2 Å². The van der Waals surface area contributed by atoms with Gasteiger partial charge in [-0.3, -0.25) is 0 Å². The van der Waals surface area contributed by atoms with E-state index >= 15 is 0 Å². The fraction of sp³-hybridized carbons (Fsp3) is 0.462. The van der Waals surface area contributed by atoms with Gasteiger partial charge in [0.2, 0.25) is 0 Å². The van der Waals surface area contributed by atoms with Crippen LogP contribution in [-0.2, 0) is 4.74 Å². The summed E-state index contributed by atoms with van der Waals surface area (Å²) in [5.74, 6) is 0. The minimum atomic E-state index is 0.223. The SMILES string of the molecule is CCN(c1ccc(N)cc1C#N)C(C)COC. The fourth-order valence-electron chi connectivity index (χ4n) is 1.94. The molecule has 1 aromatic carbocycles. The number of ether oxygens (including phenoxy) is 1. The smallest absolute Gasteiger partial charge is 0.101 e. The minimum absolute atomic E-state index is 0.223. The maximum atomic E-state index is 9.14. The average molecular weight is 233 g/mol. The molecule has 0 heterocycles. The molecule has 0 aliphatic heterocycles. The van der Waals surface area contributed by atoms with Gasteiger partial charge < -0.3 is 15.4 Å². The van der Waals surface area contributed by atoms with Crippen LogP contribution in [0.3, 0.4) is 0 Å². The van der Waals surface area contributed by atoms with E-state index < -0.39 is 0 Å². The lowest BCUT2D eigenvalue weighted by Crippen LogP contribution is -2.36. The molecule has 0 aliphatic rings. The molecule has 4 nitrogen and oxygen atoms in total. The molecule has 0 fully saturated rings. The molecule has 0 aromatic heterocycles. The Morgan fingerprint density at radius 2 is 2.24 bits per heavy atom.